The Bertz CT molecular complexity index is 389. The summed E-state index contributed by atoms with van der Waals surface area (Å²) in [4.78, 5) is 11.9. The van der Waals surface area contributed by atoms with E-state index in [1.54, 1.807) is 14.2 Å². The van der Waals surface area contributed by atoms with Crippen molar-refractivity contribution in [2.45, 2.75) is 18.6 Å². The van der Waals surface area contributed by atoms with Crippen LogP contribution in [0.15, 0.2) is 30.3 Å². The highest BCUT2D eigenvalue weighted by atomic mass is 16.7. The Morgan fingerprint density at radius 1 is 1.33 bits per heavy atom. The summed E-state index contributed by atoms with van der Waals surface area (Å²) in [5.41, 5.74) is 1.24. The molecule has 1 aromatic carbocycles. The molecular formula is C14H19NO3. The van der Waals surface area contributed by atoms with Gasteiger partial charge < -0.3 is 14.8 Å². The number of methoxy groups -OCH3 is 2. The maximum atomic E-state index is 11.9. The van der Waals surface area contributed by atoms with E-state index in [2.05, 4.69) is 17.4 Å². The molecule has 0 bridgehead atoms. The molecule has 1 aliphatic rings. The molecule has 0 saturated heterocycles. The Labute approximate surface area is 107 Å². The first-order valence-electron chi connectivity index (χ1n) is 6.14. The van der Waals surface area contributed by atoms with Gasteiger partial charge in [0.15, 0.2) is 6.29 Å². The Morgan fingerprint density at radius 3 is 2.61 bits per heavy atom. The zero-order valence-electron chi connectivity index (χ0n) is 10.8. The van der Waals surface area contributed by atoms with Crippen LogP contribution in [-0.4, -0.2) is 33.0 Å². The molecule has 18 heavy (non-hydrogen) atoms. The van der Waals surface area contributed by atoms with Gasteiger partial charge in [0.1, 0.15) is 0 Å². The molecule has 1 aliphatic carbocycles. The van der Waals surface area contributed by atoms with Crippen LogP contribution in [-0.2, 0) is 14.3 Å². The summed E-state index contributed by atoms with van der Waals surface area (Å²) in [5.74, 6) is 0.555. The second-order valence-electron chi connectivity index (χ2n) is 4.51. The number of amides is 1. The van der Waals surface area contributed by atoms with Gasteiger partial charge in [-0.1, -0.05) is 30.3 Å². The SMILES string of the molecule is COC(CNC(=O)C1CC1c1ccccc1)OC. The molecule has 4 heteroatoms. The third kappa shape index (κ3) is 3.09. The first kappa shape index (κ1) is 13.1. The second-order valence-corrected chi connectivity index (χ2v) is 4.51. The molecule has 1 N–H and O–H groups in total. The van der Waals surface area contributed by atoms with E-state index in [0.717, 1.165) is 6.42 Å². The third-order valence-corrected chi connectivity index (χ3v) is 3.32. The lowest BCUT2D eigenvalue weighted by molar-refractivity contribution is -0.128. The maximum Gasteiger partial charge on any atom is 0.223 e. The molecule has 0 aliphatic heterocycles. The summed E-state index contributed by atoms with van der Waals surface area (Å²) >= 11 is 0. The largest absolute Gasteiger partial charge is 0.354 e. The number of hydrogen-bond acceptors (Lipinski definition) is 3. The molecule has 1 saturated carbocycles. The monoisotopic (exact) mass is 249 g/mol. The standard InChI is InChI=1S/C14H19NO3/c1-17-13(18-2)9-15-14(16)12-8-11(12)10-6-4-3-5-7-10/h3-7,11-13H,8-9H2,1-2H3,(H,15,16). The zero-order chi connectivity index (χ0) is 13.0. The minimum atomic E-state index is -0.372. The Hall–Kier alpha value is -1.39. The van der Waals surface area contributed by atoms with E-state index in [9.17, 15) is 4.79 Å². The molecule has 98 valence electrons. The number of carbonyl (C=O) groups is 1. The van der Waals surface area contributed by atoms with Crippen LogP contribution in [0, 0.1) is 5.92 Å². The van der Waals surface area contributed by atoms with Gasteiger partial charge in [0.25, 0.3) is 0 Å². The molecule has 1 amide bonds. The summed E-state index contributed by atoms with van der Waals surface area (Å²) in [6.07, 6.45) is 0.559. The van der Waals surface area contributed by atoms with Crippen molar-refractivity contribution >= 4 is 5.91 Å². The van der Waals surface area contributed by atoms with Crippen LogP contribution in [0.2, 0.25) is 0 Å². The number of ether oxygens (including phenoxy) is 2. The van der Waals surface area contributed by atoms with Crippen molar-refractivity contribution in [2.24, 2.45) is 5.92 Å². The molecule has 0 spiro atoms. The van der Waals surface area contributed by atoms with Crippen LogP contribution in [0.1, 0.15) is 17.9 Å². The summed E-state index contributed by atoms with van der Waals surface area (Å²) in [6, 6.07) is 10.2. The number of carbonyl (C=O) groups excluding carboxylic acids is 1. The smallest absolute Gasteiger partial charge is 0.223 e. The van der Waals surface area contributed by atoms with E-state index in [1.165, 1.54) is 5.56 Å². The van der Waals surface area contributed by atoms with Gasteiger partial charge in [-0.05, 0) is 17.9 Å². The molecule has 0 aromatic heterocycles. The fraction of sp³-hybridized carbons (Fsp3) is 0.500. The van der Waals surface area contributed by atoms with E-state index in [1.807, 2.05) is 18.2 Å². The average Bonchev–Trinajstić information content (AvgIpc) is 3.21. The Balaban J connectivity index is 1.79. The molecule has 0 heterocycles. The highest BCUT2D eigenvalue weighted by Gasteiger charge is 2.43. The molecule has 2 rings (SSSR count). The number of rotatable bonds is 6. The van der Waals surface area contributed by atoms with E-state index in [-0.39, 0.29) is 18.1 Å². The van der Waals surface area contributed by atoms with Gasteiger partial charge in [-0.2, -0.15) is 0 Å². The van der Waals surface area contributed by atoms with Crippen LogP contribution in [0.5, 0.6) is 0 Å². The van der Waals surface area contributed by atoms with E-state index < -0.39 is 0 Å². The molecule has 2 atom stereocenters. The molecule has 2 unspecified atom stereocenters. The quantitative estimate of drug-likeness (QED) is 0.778. The van der Waals surface area contributed by atoms with Gasteiger partial charge in [-0.3, -0.25) is 4.79 Å². The lowest BCUT2D eigenvalue weighted by Crippen LogP contribution is -2.35. The van der Waals surface area contributed by atoms with Crippen molar-refractivity contribution in [1.29, 1.82) is 0 Å². The number of nitrogens with one attached hydrogen (secondary N) is 1. The first-order chi connectivity index (χ1) is 8.76. The van der Waals surface area contributed by atoms with Crippen LogP contribution < -0.4 is 5.32 Å². The lowest BCUT2D eigenvalue weighted by Gasteiger charge is -2.13. The van der Waals surface area contributed by atoms with Crippen molar-refractivity contribution in [3.63, 3.8) is 0 Å². The molecule has 1 fully saturated rings. The lowest BCUT2D eigenvalue weighted by atomic mass is 10.1. The Morgan fingerprint density at radius 2 is 2.00 bits per heavy atom. The molecule has 0 radical (unpaired) electrons. The topological polar surface area (TPSA) is 47.6 Å². The van der Waals surface area contributed by atoms with Crippen molar-refractivity contribution in [3.05, 3.63) is 35.9 Å². The number of benzene rings is 1. The number of hydrogen-bond donors (Lipinski definition) is 1. The Kier molecular flexibility index (Phi) is 4.33. The van der Waals surface area contributed by atoms with Crippen molar-refractivity contribution in [2.75, 3.05) is 20.8 Å². The van der Waals surface area contributed by atoms with Gasteiger partial charge in [0, 0.05) is 20.1 Å². The van der Waals surface area contributed by atoms with Crippen LogP contribution in [0.3, 0.4) is 0 Å². The minimum Gasteiger partial charge on any atom is -0.354 e. The maximum absolute atomic E-state index is 11.9. The van der Waals surface area contributed by atoms with Gasteiger partial charge in [-0.25, -0.2) is 0 Å². The first-order valence-corrected chi connectivity index (χ1v) is 6.14. The van der Waals surface area contributed by atoms with Crippen LogP contribution >= 0.6 is 0 Å². The van der Waals surface area contributed by atoms with E-state index in [4.69, 9.17) is 9.47 Å². The van der Waals surface area contributed by atoms with Crippen LogP contribution in [0.25, 0.3) is 0 Å². The highest BCUT2D eigenvalue weighted by Crippen LogP contribution is 2.47. The second kappa shape index (κ2) is 5.98. The van der Waals surface area contributed by atoms with Crippen molar-refractivity contribution in [3.8, 4) is 0 Å². The fourth-order valence-electron chi connectivity index (χ4n) is 2.13. The minimum absolute atomic E-state index is 0.0861. The molecule has 4 nitrogen and oxygen atoms in total. The highest BCUT2D eigenvalue weighted by molar-refractivity contribution is 5.82. The third-order valence-electron chi connectivity index (χ3n) is 3.32. The fourth-order valence-corrected chi connectivity index (χ4v) is 2.13. The molecular weight excluding hydrogens is 230 g/mol. The summed E-state index contributed by atoms with van der Waals surface area (Å²) in [6.45, 7) is 0.393. The van der Waals surface area contributed by atoms with Crippen molar-refractivity contribution < 1.29 is 14.3 Å². The predicted molar refractivity (Wildman–Crippen MR) is 68.1 cm³/mol. The van der Waals surface area contributed by atoms with Gasteiger partial charge in [-0.15, -0.1) is 0 Å². The van der Waals surface area contributed by atoms with Gasteiger partial charge in [0.2, 0.25) is 5.91 Å². The predicted octanol–water partition coefficient (Wildman–Crippen LogP) is 1.53. The average molecular weight is 249 g/mol. The summed E-state index contributed by atoms with van der Waals surface area (Å²) in [5, 5.41) is 2.86. The van der Waals surface area contributed by atoms with Gasteiger partial charge >= 0.3 is 0 Å². The van der Waals surface area contributed by atoms with Gasteiger partial charge in [0.05, 0.1) is 6.54 Å². The van der Waals surface area contributed by atoms with E-state index in [0.29, 0.717) is 12.5 Å². The zero-order valence-corrected chi connectivity index (χ0v) is 10.8. The van der Waals surface area contributed by atoms with E-state index >= 15 is 0 Å². The normalized spacial score (nSPS) is 21.9. The van der Waals surface area contributed by atoms with Crippen molar-refractivity contribution in [1.82, 2.24) is 5.32 Å². The van der Waals surface area contributed by atoms with Crippen LogP contribution in [0.4, 0.5) is 0 Å². The summed E-state index contributed by atoms with van der Waals surface area (Å²) < 4.78 is 10.0. The molecule has 1 aromatic rings. The summed E-state index contributed by atoms with van der Waals surface area (Å²) in [7, 11) is 3.12.